The van der Waals surface area contributed by atoms with Gasteiger partial charge < -0.3 is 15.2 Å². The Morgan fingerprint density at radius 2 is 2.37 bits per heavy atom. The summed E-state index contributed by atoms with van der Waals surface area (Å²) in [6.45, 7) is 0.00819. The number of aliphatic hydroxyl groups excluding tert-OH is 1. The molecule has 1 rings (SSSR count). The predicted octanol–water partition coefficient (Wildman–Crippen LogP) is 1.62. The van der Waals surface area contributed by atoms with Gasteiger partial charge in [0.25, 0.3) is 0 Å². The standard InChI is InChI=1S/C13H15ClFNO3/c1-19-8-10(7-17)16-13(18)5-3-9-2-4-12(15)11(14)6-9/h2-6,10,17H,7-8H2,1H3,(H,16,18)/b5-3+. The SMILES string of the molecule is COCC(CO)NC(=O)/C=C/c1ccc(F)c(Cl)c1. The van der Waals surface area contributed by atoms with Crippen LogP contribution in [0.2, 0.25) is 5.02 Å². The van der Waals surface area contributed by atoms with Gasteiger partial charge in [0.2, 0.25) is 5.91 Å². The molecule has 6 heteroatoms. The lowest BCUT2D eigenvalue weighted by atomic mass is 10.2. The second-order valence-electron chi connectivity index (χ2n) is 3.85. The molecule has 19 heavy (non-hydrogen) atoms. The maximum atomic E-state index is 12.9. The zero-order chi connectivity index (χ0) is 14.3. The van der Waals surface area contributed by atoms with Gasteiger partial charge in [0.15, 0.2) is 0 Å². The van der Waals surface area contributed by atoms with Gasteiger partial charge in [-0.3, -0.25) is 4.79 Å². The average molecular weight is 288 g/mol. The van der Waals surface area contributed by atoms with Crippen LogP contribution in [0.3, 0.4) is 0 Å². The molecule has 1 unspecified atom stereocenters. The summed E-state index contributed by atoms with van der Waals surface area (Å²) in [5, 5.41) is 11.5. The van der Waals surface area contributed by atoms with Crippen LogP contribution in [-0.4, -0.2) is 37.4 Å². The van der Waals surface area contributed by atoms with E-state index in [1.807, 2.05) is 0 Å². The Balaban J connectivity index is 2.60. The van der Waals surface area contributed by atoms with Crippen molar-refractivity contribution in [1.29, 1.82) is 0 Å². The van der Waals surface area contributed by atoms with Crippen LogP contribution in [0.25, 0.3) is 6.08 Å². The van der Waals surface area contributed by atoms with Gasteiger partial charge in [-0.25, -0.2) is 4.39 Å². The minimum atomic E-state index is -0.510. The molecule has 0 radical (unpaired) electrons. The molecule has 0 aliphatic heterocycles. The highest BCUT2D eigenvalue weighted by Crippen LogP contribution is 2.16. The van der Waals surface area contributed by atoms with Gasteiger partial charge >= 0.3 is 0 Å². The van der Waals surface area contributed by atoms with E-state index in [0.717, 1.165) is 0 Å². The van der Waals surface area contributed by atoms with Gasteiger partial charge in [-0.05, 0) is 23.8 Å². The first-order valence-electron chi connectivity index (χ1n) is 5.60. The van der Waals surface area contributed by atoms with E-state index in [4.69, 9.17) is 21.4 Å². The van der Waals surface area contributed by atoms with Crippen LogP contribution >= 0.6 is 11.6 Å². The molecule has 1 atom stereocenters. The van der Waals surface area contributed by atoms with Crippen molar-refractivity contribution in [3.63, 3.8) is 0 Å². The van der Waals surface area contributed by atoms with Gasteiger partial charge in [-0.1, -0.05) is 17.7 Å². The van der Waals surface area contributed by atoms with E-state index in [-0.39, 0.29) is 24.1 Å². The summed E-state index contributed by atoms with van der Waals surface area (Å²) in [4.78, 5) is 11.5. The van der Waals surface area contributed by atoms with Crippen LogP contribution in [0.4, 0.5) is 4.39 Å². The average Bonchev–Trinajstić information content (AvgIpc) is 2.39. The van der Waals surface area contributed by atoms with Crippen LogP contribution in [0.5, 0.6) is 0 Å². The van der Waals surface area contributed by atoms with E-state index in [9.17, 15) is 9.18 Å². The summed E-state index contributed by atoms with van der Waals surface area (Å²) in [6.07, 6.45) is 2.78. The third kappa shape index (κ3) is 5.38. The topological polar surface area (TPSA) is 58.6 Å². The summed E-state index contributed by atoms with van der Waals surface area (Å²) in [5.74, 6) is -0.889. The van der Waals surface area contributed by atoms with Crippen molar-refractivity contribution in [3.8, 4) is 0 Å². The molecule has 0 saturated carbocycles. The number of aliphatic hydroxyl groups is 1. The number of methoxy groups -OCH3 is 1. The number of ether oxygens (including phenoxy) is 1. The molecule has 1 aromatic rings. The predicted molar refractivity (Wildman–Crippen MR) is 71.3 cm³/mol. The zero-order valence-corrected chi connectivity index (χ0v) is 11.2. The van der Waals surface area contributed by atoms with Crippen LogP contribution in [0.15, 0.2) is 24.3 Å². The Labute approximate surface area is 115 Å². The van der Waals surface area contributed by atoms with Crippen LogP contribution in [-0.2, 0) is 9.53 Å². The zero-order valence-electron chi connectivity index (χ0n) is 10.4. The van der Waals surface area contributed by atoms with Crippen molar-refractivity contribution < 1.29 is 19.0 Å². The van der Waals surface area contributed by atoms with Gasteiger partial charge in [0.1, 0.15) is 5.82 Å². The summed E-state index contributed by atoms with van der Waals surface area (Å²) >= 11 is 5.62. The van der Waals surface area contributed by atoms with Crippen molar-refractivity contribution in [2.75, 3.05) is 20.3 Å². The van der Waals surface area contributed by atoms with Crippen LogP contribution in [0, 0.1) is 5.82 Å². The molecule has 0 aromatic heterocycles. The van der Waals surface area contributed by atoms with Gasteiger partial charge in [-0.2, -0.15) is 0 Å². The van der Waals surface area contributed by atoms with Gasteiger partial charge in [0, 0.05) is 13.2 Å². The number of amides is 1. The molecular formula is C13H15ClFNO3. The second-order valence-corrected chi connectivity index (χ2v) is 4.26. The first kappa shape index (κ1) is 15.6. The van der Waals surface area contributed by atoms with E-state index in [0.29, 0.717) is 5.56 Å². The maximum absolute atomic E-state index is 12.9. The molecule has 0 aliphatic carbocycles. The van der Waals surface area contributed by atoms with E-state index in [1.165, 1.54) is 37.5 Å². The lowest BCUT2D eigenvalue weighted by Gasteiger charge is -2.13. The van der Waals surface area contributed by atoms with E-state index in [1.54, 1.807) is 0 Å². The van der Waals surface area contributed by atoms with Crippen molar-refractivity contribution in [1.82, 2.24) is 5.32 Å². The first-order valence-corrected chi connectivity index (χ1v) is 5.98. The minimum absolute atomic E-state index is 0.00447. The molecule has 104 valence electrons. The molecule has 0 fully saturated rings. The Kier molecular flexibility index (Phi) is 6.49. The van der Waals surface area contributed by atoms with Gasteiger partial charge in [0.05, 0.1) is 24.3 Å². The Hall–Kier alpha value is -1.43. The Morgan fingerprint density at radius 3 is 2.95 bits per heavy atom. The maximum Gasteiger partial charge on any atom is 0.244 e. The molecule has 1 aromatic carbocycles. The smallest absolute Gasteiger partial charge is 0.244 e. The highest BCUT2D eigenvalue weighted by atomic mass is 35.5. The number of hydrogen-bond acceptors (Lipinski definition) is 3. The van der Waals surface area contributed by atoms with Crippen molar-refractivity contribution in [3.05, 3.63) is 40.7 Å². The molecular weight excluding hydrogens is 273 g/mol. The molecule has 0 heterocycles. The number of carbonyl (C=O) groups excluding carboxylic acids is 1. The summed E-state index contributed by atoms with van der Waals surface area (Å²) in [7, 11) is 1.48. The van der Waals surface area contributed by atoms with Crippen molar-refractivity contribution in [2.24, 2.45) is 0 Å². The normalized spacial score (nSPS) is 12.6. The second kappa shape index (κ2) is 7.89. The lowest BCUT2D eigenvalue weighted by molar-refractivity contribution is -0.117. The number of rotatable bonds is 6. The van der Waals surface area contributed by atoms with Crippen LogP contribution in [0.1, 0.15) is 5.56 Å². The van der Waals surface area contributed by atoms with E-state index >= 15 is 0 Å². The summed E-state index contributed by atoms with van der Waals surface area (Å²) in [6, 6.07) is 3.68. The molecule has 0 spiro atoms. The highest BCUT2D eigenvalue weighted by molar-refractivity contribution is 6.30. The summed E-state index contributed by atoms with van der Waals surface area (Å²) in [5.41, 5.74) is 0.605. The minimum Gasteiger partial charge on any atom is -0.394 e. The fraction of sp³-hybridized carbons (Fsp3) is 0.308. The Morgan fingerprint density at radius 1 is 1.63 bits per heavy atom. The largest absolute Gasteiger partial charge is 0.394 e. The highest BCUT2D eigenvalue weighted by Gasteiger charge is 2.08. The number of hydrogen-bond donors (Lipinski definition) is 2. The molecule has 0 bridgehead atoms. The third-order valence-electron chi connectivity index (χ3n) is 2.31. The van der Waals surface area contributed by atoms with E-state index < -0.39 is 11.9 Å². The monoisotopic (exact) mass is 287 g/mol. The number of nitrogens with one attached hydrogen (secondary N) is 1. The molecule has 0 saturated heterocycles. The van der Waals surface area contributed by atoms with E-state index in [2.05, 4.69) is 5.32 Å². The first-order chi connectivity index (χ1) is 9.06. The number of benzene rings is 1. The van der Waals surface area contributed by atoms with Crippen molar-refractivity contribution in [2.45, 2.75) is 6.04 Å². The quantitative estimate of drug-likeness (QED) is 0.782. The van der Waals surface area contributed by atoms with Crippen molar-refractivity contribution >= 4 is 23.6 Å². The van der Waals surface area contributed by atoms with Gasteiger partial charge in [-0.15, -0.1) is 0 Å². The summed E-state index contributed by atoms with van der Waals surface area (Å²) < 4.78 is 17.8. The lowest BCUT2D eigenvalue weighted by Crippen LogP contribution is -2.39. The number of halogens is 2. The number of carbonyl (C=O) groups is 1. The molecule has 4 nitrogen and oxygen atoms in total. The fourth-order valence-electron chi connectivity index (χ4n) is 1.38. The third-order valence-corrected chi connectivity index (χ3v) is 2.60. The molecule has 2 N–H and O–H groups in total. The molecule has 0 aliphatic rings. The van der Waals surface area contributed by atoms with Crippen LogP contribution < -0.4 is 5.32 Å². The Bertz CT molecular complexity index is 465. The fourth-order valence-corrected chi connectivity index (χ4v) is 1.57. The molecule has 1 amide bonds.